The van der Waals surface area contributed by atoms with Crippen LogP contribution in [0, 0.1) is 12.7 Å². The van der Waals surface area contributed by atoms with E-state index in [-0.39, 0.29) is 18.3 Å². The molecule has 0 bridgehead atoms. The summed E-state index contributed by atoms with van der Waals surface area (Å²) in [6.07, 6.45) is 3.48. The minimum atomic E-state index is -0.253. The zero-order valence-electron chi connectivity index (χ0n) is 11.9. The van der Waals surface area contributed by atoms with Crippen molar-refractivity contribution in [3.05, 3.63) is 60.5 Å². The number of hydrogen-bond acceptors (Lipinski definition) is 2. The molecule has 0 heterocycles. The van der Waals surface area contributed by atoms with Crippen LogP contribution in [0.3, 0.4) is 0 Å². The maximum Gasteiger partial charge on any atom is 0.234 e. The van der Waals surface area contributed by atoms with Crippen LogP contribution in [0.1, 0.15) is 11.1 Å². The number of carbonyl (C=O) groups excluding carboxylic acids is 1. The van der Waals surface area contributed by atoms with E-state index in [0.717, 1.165) is 5.56 Å². The summed E-state index contributed by atoms with van der Waals surface area (Å²) in [6.45, 7) is 10.9. The van der Waals surface area contributed by atoms with Gasteiger partial charge in [-0.2, -0.15) is 0 Å². The van der Waals surface area contributed by atoms with Crippen molar-refractivity contribution in [1.82, 2.24) is 10.2 Å². The Labute approximate surface area is 119 Å². The smallest absolute Gasteiger partial charge is 0.234 e. The number of nitrogens with zero attached hydrogens (tertiary/aromatic N) is 1. The molecule has 0 saturated carbocycles. The number of carbonyl (C=O) groups is 1. The van der Waals surface area contributed by atoms with Crippen molar-refractivity contribution in [2.75, 3.05) is 19.6 Å². The van der Waals surface area contributed by atoms with E-state index < -0.39 is 0 Å². The molecule has 0 aliphatic carbocycles. The lowest BCUT2D eigenvalue weighted by atomic mass is 10.1. The molecule has 0 fully saturated rings. The fourth-order valence-electron chi connectivity index (χ4n) is 1.77. The van der Waals surface area contributed by atoms with Gasteiger partial charge in [0.2, 0.25) is 5.91 Å². The molecule has 3 nitrogen and oxygen atoms in total. The van der Waals surface area contributed by atoms with Crippen molar-refractivity contribution < 1.29 is 9.18 Å². The van der Waals surface area contributed by atoms with E-state index in [0.29, 0.717) is 25.2 Å². The SMILES string of the molecule is C=CCN(CC=C)CC(=O)NCc1ccc(C)c(F)c1. The first-order chi connectivity index (χ1) is 9.56. The van der Waals surface area contributed by atoms with Gasteiger partial charge in [-0.1, -0.05) is 24.3 Å². The number of halogens is 1. The third kappa shape index (κ3) is 5.36. The van der Waals surface area contributed by atoms with Crippen molar-refractivity contribution in [1.29, 1.82) is 0 Å². The minimum Gasteiger partial charge on any atom is -0.351 e. The first kappa shape index (κ1) is 16.1. The normalized spacial score (nSPS) is 10.3. The highest BCUT2D eigenvalue weighted by Crippen LogP contribution is 2.08. The van der Waals surface area contributed by atoms with Crippen LogP contribution >= 0.6 is 0 Å². The Kier molecular flexibility index (Phi) is 6.67. The highest BCUT2D eigenvalue weighted by molar-refractivity contribution is 5.78. The van der Waals surface area contributed by atoms with Gasteiger partial charge in [0.25, 0.3) is 0 Å². The summed E-state index contributed by atoms with van der Waals surface area (Å²) in [5, 5.41) is 2.78. The van der Waals surface area contributed by atoms with E-state index in [9.17, 15) is 9.18 Å². The van der Waals surface area contributed by atoms with E-state index in [1.165, 1.54) is 6.07 Å². The van der Waals surface area contributed by atoms with Gasteiger partial charge in [0, 0.05) is 19.6 Å². The Bertz CT molecular complexity index is 475. The predicted octanol–water partition coefficient (Wildman–Crippen LogP) is 2.42. The summed E-state index contributed by atoms with van der Waals surface area (Å²) in [5.74, 6) is -0.355. The minimum absolute atomic E-state index is 0.102. The van der Waals surface area contributed by atoms with Crippen LogP contribution in [-0.4, -0.2) is 30.4 Å². The molecule has 0 aliphatic rings. The van der Waals surface area contributed by atoms with Crippen LogP contribution in [0.2, 0.25) is 0 Å². The van der Waals surface area contributed by atoms with Crippen LogP contribution in [0.25, 0.3) is 0 Å². The van der Waals surface area contributed by atoms with Crippen LogP contribution < -0.4 is 5.32 Å². The number of amides is 1. The quantitative estimate of drug-likeness (QED) is 0.740. The molecular weight excluding hydrogens is 255 g/mol. The second-order valence-electron chi connectivity index (χ2n) is 4.63. The highest BCUT2D eigenvalue weighted by atomic mass is 19.1. The van der Waals surface area contributed by atoms with Gasteiger partial charge in [0.1, 0.15) is 5.82 Å². The monoisotopic (exact) mass is 276 g/mol. The molecule has 0 unspecified atom stereocenters. The van der Waals surface area contributed by atoms with Gasteiger partial charge in [0.05, 0.1) is 6.54 Å². The van der Waals surface area contributed by atoms with Crippen molar-refractivity contribution in [2.45, 2.75) is 13.5 Å². The number of aryl methyl sites for hydroxylation is 1. The lowest BCUT2D eigenvalue weighted by molar-refractivity contribution is -0.122. The number of rotatable bonds is 8. The molecule has 0 spiro atoms. The van der Waals surface area contributed by atoms with Crippen molar-refractivity contribution in [3.8, 4) is 0 Å². The average molecular weight is 276 g/mol. The van der Waals surface area contributed by atoms with E-state index in [1.54, 1.807) is 25.1 Å². The second-order valence-corrected chi connectivity index (χ2v) is 4.63. The lowest BCUT2D eigenvalue weighted by Crippen LogP contribution is -2.37. The van der Waals surface area contributed by atoms with Crippen molar-refractivity contribution >= 4 is 5.91 Å². The van der Waals surface area contributed by atoms with Crippen molar-refractivity contribution in [2.24, 2.45) is 0 Å². The fourth-order valence-corrected chi connectivity index (χ4v) is 1.77. The fraction of sp³-hybridized carbons (Fsp3) is 0.312. The average Bonchev–Trinajstić information content (AvgIpc) is 2.41. The summed E-state index contributed by atoms with van der Waals surface area (Å²) in [7, 11) is 0. The zero-order chi connectivity index (χ0) is 15.0. The van der Waals surface area contributed by atoms with Gasteiger partial charge < -0.3 is 5.32 Å². The summed E-state index contributed by atoms with van der Waals surface area (Å²) >= 11 is 0. The van der Waals surface area contributed by atoms with Gasteiger partial charge in [-0.3, -0.25) is 9.69 Å². The second kappa shape index (κ2) is 8.27. The highest BCUT2D eigenvalue weighted by Gasteiger charge is 2.08. The largest absolute Gasteiger partial charge is 0.351 e. The summed E-state index contributed by atoms with van der Waals surface area (Å²) in [6, 6.07) is 4.96. The summed E-state index contributed by atoms with van der Waals surface area (Å²) in [5.41, 5.74) is 1.35. The Balaban J connectivity index is 2.47. The van der Waals surface area contributed by atoms with Crippen molar-refractivity contribution in [3.63, 3.8) is 0 Å². The first-order valence-corrected chi connectivity index (χ1v) is 6.52. The molecule has 0 radical (unpaired) electrons. The maximum absolute atomic E-state index is 13.4. The van der Waals surface area contributed by atoms with Gasteiger partial charge in [0.15, 0.2) is 0 Å². The summed E-state index contributed by atoms with van der Waals surface area (Å²) < 4.78 is 13.4. The molecule has 0 atom stereocenters. The van der Waals surface area contributed by atoms with E-state index in [2.05, 4.69) is 18.5 Å². The molecule has 108 valence electrons. The molecule has 1 aromatic carbocycles. The third-order valence-corrected chi connectivity index (χ3v) is 2.87. The Morgan fingerprint density at radius 1 is 1.35 bits per heavy atom. The van der Waals surface area contributed by atoms with Gasteiger partial charge in [-0.05, 0) is 24.1 Å². The van der Waals surface area contributed by atoms with E-state index in [1.807, 2.05) is 11.0 Å². The van der Waals surface area contributed by atoms with E-state index >= 15 is 0 Å². The predicted molar refractivity (Wildman–Crippen MR) is 79.8 cm³/mol. The molecule has 0 aromatic heterocycles. The Morgan fingerprint density at radius 3 is 2.55 bits per heavy atom. The van der Waals surface area contributed by atoms with E-state index in [4.69, 9.17) is 0 Å². The first-order valence-electron chi connectivity index (χ1n) is 6.52. The molecule has 1 aromatic rings. The number of nitrogens with one attached hydrogen (secondary N) is 1. The van der Waals surface area contributed by atoms with Crippen LogP contribution in [0.15, 0.2) is 43.5 Å². The van der Waals surface area contributed by atoms with Crippen LogP contribution in [0.4, 0.5) is 4.39 Å². The van der Waals surface area contributed by atoms with Crippen LogP contribution in [-0.2, 0) is 11.3 Å². The van der Waals surface area contributed by atoms with Gasteiger partial charge in [-0.15, -0.1) is 13.2 Å². The molecule has 4 heteroatoms. The molecule has 20 heavy (non-hydrogen) atoms. The zero-order valence-corrected chi connectivity index (χ0v) is 11.9. The van der Waals surface area contributed by atoms with Crippen LogP contribution in [0.5, 0.6) is 0 Å². The topological polar surface area (TPSA) is 32.3 Å². The number of hydrogen-bond donors (Lipinski definition) is 1. The molecule has 1 amide bonds. The van der Waals surface area contributed by atoms with Gasteiger partial charge in [-0.25, -0.2) is 4.39 Å². The molecular formula is C16H21FN2O. The standard InChI is InChI=1S/C16H21FN2O/c1-4-8-19(9-5-2)12-16(20)18-11-14-7-6-13(3)15(17)10-14/h4-7,10H,1-2,8-9,11-12H2,3H3,(H,18,20). The lowest BCUT2D eigenvalue weighted by Gasteiger charge is -2.18. The summed E-state index contributed by atoms with van der Waals surface area (Å²) in [4.78, 5) is 13.7. The Hall–Kier alpha value is -1.94. The molecule has 0 aliphatic heterocycles. The molecule has 0 saturated heterocycles. The Morgan fingerprint density at radius 2 is 2.00 bits per heavy atom. The third-order valence-electron chi connectivity index (χ3n) is 2.87. The number of benzene rings is 1. The molecule has 1 N–H and O–H groups in total. The maximum atomic E-state index is 13.4. The van der Waals surface area contributed by atoms with Gasteiger partial charge >= 0.3 is 0 Å². The molecule has 1 rings (SSSR count).